The number of benzene rings is 3. The average Bonchev–Trinajstić information content (AvgIpc) is 3.05. The van der Waals surface area contributed by atoms with E-state index >= 15 is 0 Å². The molecule has 1 heterocycles. The Morgan fingerprint density at radius 1 is 1.00 bits per heavy atom. The predicted octanol–water partition coefficient (Wildman–Crippen LogP) is 4.43. The summed E-state index contributed by atoms with van der Waals surface area (Å²) >= 11 is 3.46. The molecule has 0 N–H and O–H groups in total. The zero-order valence-corrected chi connectivity index (χ0v) is 17.6. The van der Waals surface area contributed by atoms with Crippen LogP contribution >= 0.6 is 15.9 Å². The highest BCUT2D eigenvalue weighted by Gasteiger charge is 2.35. The number of hydrogen-bond donors (Lipinski definition) is 0. The van der Waals surface area contributed by atoms with Gasteiger partial charge < -0.3 is 4.90 Å². The predicted molar refractivity (Wildman–Crippen MR) is 115 cm³/mol. The van der Waals surface area contributed by atoms with Crippen molar-refractivity contribution >= 4 is 42.4 Å². The number of nitrogens with zero attached hydrogens (tertiary/aromatic N) is 1. The van der Waals surface area contributed by atoms with Crippen LogP contribution in [0.3, 0.4) is 0 Å². The van der Waals surface area contributed by atoms with Gasteiger partial charge in [0, 0.05) is 17.1 Å². The monoisotopic (exact) mass is 457 g/mol. The molecule has 1 unspecified atom stereocenters. The second kappa shape index (κ2) is 7.68. The number of fused-ring (bicyclic) bond motifs is 1. The summed E-state index contributed by atoms with van der Waals surface area (Å²) in [5, 5.41) is 2.18. The highest BCUT2D eigenvalue weighted by molar-refractivity contribution is 9.10. The molecule has 0 saturated carbocycles. The van der Waals surface area contributed by atoms with E-state index < -0.39 is 9.84 Å². The van der Waals surface area contributed by atoms with Crippen LogP contribution in [0.4, 0.5) is 0 Å². The Bertz CT molecular complexity index is 1140. The van der Waals surface area contributed by atoms with Crippen LogP contribution in [0.15, 0.2) is 71.2 Å². The number of rotatable bonds is 4. The van der Waals surface area contributed by atoms with Crippen LogP contribution < -0.4 is 0 Å². The number of sulfone groups is 1. The van der Waals surface area contributed by atoms with E-state index in [-0.39, 0.29) is 23.5 Å². The van der Waals surface area contributed by atoms with Crippen molar-refractivity contribution in [3.63, 3.8) is 0 Å². The largest absolute Gasteiger partial charge is 0.330 e. The molecule has 1 atom stereocenters. The first-order valence-corrected chi connectivity index (χ1v) is 11.8. The van der Waals surface area contributed by atoms with Gasteiger partial charge in [-0.25, -0.2) is 8.42 Å². The van der Waals surface area contributed by atoms with Crippen LogP contribution in [0.2, 0.25) is 0 Å². The third-order valence-corrected chi connectivity index (χ3v) is 7.68. The van der Waals surface area contributed by atoms with E-state index in [1.165, 1.54) is 0 Å². The van der Waals surface area contributed by atoms with Gasteiger partial charge in [0.25, 0.3) is 5.91 Å². The molecule has 28 heavy (non-hydrogen) atoms. The van der Waals surface area contributed by atoms with Crippen LogP contribution in [-0.2, 0) is 16.4 Å². The van der Waals surface area contributed by atoms with Crippen molar-refractivity contribution in [2.24, 2.45) is 0 Å². The molecule has 6 heteroatoms. The van der Waals surface area contributed by atoms with Crippen molar-refractivity contribution in [3.8, 4) is 0 Å². The van der Waals surface area contributed by atoms with Crippen molar-refractivity contribution in [1.29, 1.82) is 0 Å². The van der Waals surface area contributed by atoms with Gasteiger partial charge in [0.05, 0.1) is 17.1 Å². The molecule has 1 fully saturated rings. The molecule has 0 spiro atoms. The van der Waals surface area contributed by atoms with Crippen LogP contribution in [0.25, 0.3) is 10.8 Å². The lowest BCUT2D eigenvalue weighted by Gasteiger charge is -2.29. The van der Waals surface area contributed by atoms with Crippen LogP contribution in [0.5, 0.6) is 0 Å². The fraction of sp³-hybridized carbons (Fsp3) is 0.227. The van der Waals surface area contributed by atoms with E-state index in [4.69, 9.17) is 0 Å². The Morgan fingerprint density at radius 2 is 1.71 bits per heavy atom. The van der Waals surface area contributed by atoms with Gasteiger partial charge in [-0.05, 0) is 50.8 Å². The molecular formula is C22H20BrNO3S. The van der Waals surface area contributed by atoms with E-state index in [1.807, 2.05) is 60.7 Å². The van der Waals surface area contributed by atoms with Gasteiger partial charge >= 0.3 is 0 Å². The van der Waals surface area contributed by atoms with Gasteiger partial charge in [-0.1, -0.05) is 54.6 Å². The van der Waals surface area contributed by atoms with Crippen LogP contribution in [0.1, 0.15) is 22.3 Å². The Hall–Kier alpha value is -2.18. The Morgan fingerprint density at radius 3 is 2.46 bits per heavy atom. The maximum Gasteiger partial charge on any atom is 0.255 e. The van der Waals surface area contributed by atoms with Gasteiger partial charge in [-0.2, -0.15) is 0 Å². The lowest BCUT2D eigenvalue weighted by Crippen LogP contribution is -2.40. The quantitative estimate of drug-likeness (QED) is 0.581. The first kappa shape index (κ1) is 19.2. The maximum absolute atomic E-state index is 13.4. The number of carbonyl (C=O) groups is 1. The van der Waals surface area contributed by atoms with Crippen molar-refractivity contribution in [1.82, 2.24) is 4.90 Å². The number of halogens is 1. The summed E-state index contributed by atoms with van der Waals surface area (Å²) in [6.45, 7) is 0.377. The van der Waals surface area contributed by atoms with Crippen molar-refractivity contribution in [2.45, 2.75) is 19.0 Å². The second-order valence-corrected chi connectivity index (χ2v) is 10.2. The first-order chi connectivity index (χ1) is 13.4. The minimum absolute atomic E-state index is 0.0218. The zero-order chi connectivity index (χ0) is 19.7. The normalized spacial score (nSPS) is 18.2. The van der Waals surface area contributed by atoms with Gasteiger partial charge in [0.2, 0.25) is 0 Å². The summed E-state index contributed by atoms with van der Waals surface area (Å²) in [6, 6.07) is 21.0. The van der Waals surface area contributed by atoms with E-state index in [9.17, 15) is 13.2 Å². The molecule has 0 aromatic heterocycles. The van der Waals surface area contributed by atoms with Crippen LogP contribution in [-0.4, -0.2) is 36.8 Å². The molecule has 3 aromatic rings. The minimum atomic E-state index is -3.11. The smallest absolute Gasteiger partial charge is 0.255 e. The fourth-order valence-electron chi connectivity index (χ4n) is 3.79. The summed E-state index contributed by atoms with van der Waals surface area (Å²) in [6.07, 6.45) is 0.475. The lowest BCUT2D eigenvalue weighted by molar-refractivity contribution is 0.0681. The lowest BCUT2D eigenvalue weighted by atomic mass is 10.0. The van der Waals surface area contributed by atoms with E-state index in [0.717, 1.165) is 16.3 Å². The van der Waals surface area contributed by atoms with Gasteiger partial charge in [0.1, 0.15) is 0 Å². The van der Waals surface area contributed by atoms with Crippen molar-refractivity contribution < 1.29 is 13.2 Å². The average molecular weight is 458 g/mol. The summed E-state index contributed by atoms with van der Waals surface area (Å²) in [5.74, 6) is 0.00322. The van der Waals surface area contributed by atoms with Gasteiger partial charge in [0.15, 0.2) is 9.84 Å². The molecule has 3 aromatic carbocycles. The summed E-state index contributed by atoms with van der Waals surface area (Å²) < 4.78 is 24.9. The van der Waals surface area contributed by atoms with Crippen molar-refractivity contribution in [2.75, 3.05) is 11.5 Å². The molecule has 1 aliphatic heterocycles. The standard InChI is InChI=1S/C22H20BrNO3S/c23-21-11-4-3-10-20(21)22(25)24(18-12-13-28(26,27)15-18)14-17-8-5-7-16-6-1-2-9-19(16)17/h1-11,18H,12-15H2. The first-order valence-electron chi connectivity index (χ1n) is 9.17. The second-order valence-electron chi connectivity index (χ2n) is 7.11. The topological polar surface area (TPSA) is 54.5 Å². The number of carbonyl (C=O) groups excluding carboxylic acids is 1. The molecule has 1 saturated heterocycles. The molecule has 1 amide bonds. The third kappa shape index (κ3) is 3.84. The van der Waals surface area contributed by atoms with E-state index in [0.29, 0.717) is 23.0 Å². The molecule has 0 aliphatic carbocycles. The highest BCUT2D eigenvalue weighted by atomic mass is 79.9. The van der Waals surface area contributed by atoms with Crippen molar-refractivity contribution in [3.05, 3.63) is 82.3 Å². The minimum Gasteiger partial charge on any atom is -0.330 e. The molecule has 4 rings (SSSR count). The Balaban J connectivity index is 1.75. The summed E-state index contributed by atoms with van der Waals surface area (Å²) in [4.78, 5) is 15.1. The Kier molecular flexibility index (Phi) is 5.25. The molecule has 144 valence electrons. The zero-order valence-electron chi connectivity index (χ0n) is 15.2. The highest BCUT2D eigenvalue weighted by Crippen LogP contribution is 2.27. The van der Waals surface area contributed by atoms with Gasteiger partial charge in [-0.15, -0.1) is 0 Å². The fourth-order valence-corrected chi connectivity index (χ4v) is 5.98. The molecule has 1 aliphatic rings. The maximum atomic E-state index is 13.4. The SMILES string of the molecule is O=C(c1ccccc1Br)N(Cc1cccc2ccccc12)C1CCS(=O)(=O)C1. The molecular weight excluding hydrogens is 438 g/mol. The van der Waals surface area contributed by atoms with Crippen LogP contribution in [0, 0.1) is 0 Å². The van der Waals surface area contributed by atoms with Gasteiger partial charge in [-0.3, -0.25) is 4.79 Å². The summed E-state index contributed by atoms with van der Waals surface area (Å²) in [5.41, 5.74) is 1.56. The molecule has 0 radical (unpaired) electrons. The Labute approximate surface area is 173 Å². The number of hydrogen-bond acceptors (Lipinski definition) is 3. The molecule has 4 nitrogen and oxygen atoms in total. The third-order valence-electron chi connectivity index (χ3n) is 5.23. The number of amides is 1. The summed E-state index contributed by atoms with van der Waals surface area (Å²) in [7, 11) is -3.11. The van der Waals surface area contributed by atoms with E-state index in [1.54, 1.807) is 11.0 Å². The van der Waals surface area contributed by atoms with E-state index in [2.05, 4.69) is 15.9 Å². The molecule has 0 bridgehead atoms.